The fourth-order valence-electron chi connectivity index (χ4n) is 5.85. The van der Waals surface area contributed by atoms with Gasteiger partial charge in [0.1, 0.15) is 5.70 Å². The number of phenolic OH excluding ortho intramolecular Hbond substituents is 4. The molecule has 2 aliphatic heterocycles. The number of nitrogens with zero attached hydrogens (tertiary/aromatic N) is 2. The molecule has 3 unspecified atom stereocenters. The summed E-state index contributed by atoms with van der Waals surface area (Å²) in [6.07, 6.45) is -0.765. The number of aromatic hydroxyl groups is 4. The predicted molar refractivity (Wildman–Crippen MR) is 155 cm³/mol. The van der Waals surface area contributed by atoms with Crippen LogP contribution in [0.3, 0.4) is 0 Å². The zero-order valence-electron chi connectivity index (χ0n) is 24.8. The number of halogens is 2. The van der Waals surface area contributed by atoms with Crippen LogP contribution in [0.1, 0.15) is 41.0 Å². The fourth-order valence-corrected chi connectivity index (χ4v) is 5.85. The third kappa shape index (κ3) is 6.39. The van der Waals surface area contributed by atoms with Crippen LogP contribution >= 0.6 is 0 Å². The number of rotatable bonds is 13. The summed E-state index contributed by atoms with van der Waals surface area (Å²) in [5.74, 6) is -11.1. The number of benzene rings is 2. The second-order valence-electron chi connectivity index (χ2n) is 11.2. The standard InChI is InChI=1S/C30H34F2N4O10/c1-13-17(24(30(45)46)36-23(13)20(14(2)37)29(36)44)12-35(11-9-34-28(43)16-5-7-19(39)26(41)22(16)32)10-3-8-33-27(42)15-4-6-18(38)25(40)21(15)31/h4-7,13-14,20,23,37-41H,3,8-12H2,1-2H3,(H,33,42)(H,34,43)(H,45,46)/t13?,14?,20?,23-/m1/s1. The van der Waals surface area contributed by atoms with E-state index in [1.54, 1.807) is 11.8 Å². The number of aliphatic hydroxyl groups is 1. The first-order chi connectivity index (χ1) is 21.7. The quantitative estimate of drug-likeness (QED) is 0.0864. The van der Waals surface area contributed by atoms with Crippen molar-refractivity contribution in [3.8, 4) is 23.0 Å². The second kappa shape index (κ2) is 13.6. The molecule has 4 rings (SSSR count). The lowest BCUT2D eigenvalue weighted by atomic mass is 9.77. The van der Waals surface area contributed by atoms with E-state index in [-0.39, 0.29) is 44.8 Å². The van der Waals surface area contributed by atoms with Crippen LogP contribution in [0.5, 0.6) is 23.0 Å². The lowest BCUT2D eigenvalue weighted by Gasteiger charge is -2.46. The van der Waals surface area contributed by atoms with E-state index in [0.717, 1.165) is 24.3 Å². The molecule has 14 nitrogen and oxygen atoms in total. The minimum Gasteiger partial charge on any atom is -0.504 e. The second-order valence-corrected chi connectivity index (χ2v) is 11.2. The van der Waals surface area contributed by atoms with Gasteiger partial charge in [-0.15, -0.1) is 0 Å². The van der Waals surface area contributed by atoms with Crippen LogP contribution in [-0.2, 0) is 9.59 Å². The number of fused-ring (bicyclic) bond motifs is 1. The molecule has 0 aromatic heterocycles. The van der Waals surface area contributed by atoms with Gasteiger partial charge in [-0.25, -0.2) is 13.6 Å². The Hall–Kier alpha value is -4.96. The number of phenols is 4. The van der Waals surface area contributed by atoms with Gasteiger partial charge in [0, 0.05) is 38.6 Å². The van der Waals surface area contributed by atoms with Gasteiger partial charge in [-0.05, 0) is 43.2 Å². The number of carboxylic acid groups (broad SMARTS) is 1. The molecule has 0 bridgehead atoms. The SMILES string of the molecule is CC(O)C1C(=O)N2C(C(=O)O)=C(CN(CCCNC(=O)c3ccc(O)c(O)c3F)CCNC(=O)c3ccc(O)c(O)c3F)C(C)[C@H]12. The van der Waals surface area contributed by atoms with E-state index in [9.17, 15) is 58.6 Å². The van der Waals surface area contributed by atoms with E-state index in [1.165, 1.54) is 11.8 Å². The van der Waals surface area contributed by atoms with Crippen molar-refractivity contribution in [3.05, 3.63) is 58.3 Å². The van der Waals surface area contributed by atoms with Crippen molar-refractivity contribution in [2.75, 3.05) is 32.7 Å². The molecule has 0 radical (unpaired) electrons. The molecule has 248 valence electrons. The number of nitrogens with one attached hydrogen (secondary N) is 2. The van der Waals surface area contributed by atoms with Crippen LogP contribution in [0.4, 0.5) is 8.78 Å². The average Bonchev–Trinajstić information content (AvgIpc) is 3.23. The Morgan fingerprint density at radius 1 is 0.913 bits per heavy atom. The lowest BCUT2D eigenvalue weighted by molar-refractivity contribution is -0.163. The molecule has 16 heteroatoms. The number of amides is 3. The summed E-state index contributed by atoms with van der Waals surface area (Å²) in [7, 11) is 0. The minimum atomic E-state index is -1.33. The maximum Gasteiger partial charge on any atom is 0.352 e. The maximum atomic E-state index is 14.3. The first kappa shape index (κ1) is 33.9. The van der Waals surface area contributed by atoms with Gasteiger partial charge in [0.15, 0.2) is 34.6 Å². The van der Waals surface area contributed by atoms with Gasteiger partial charge >= 0.3 is 5.97 Å². The highest BCUT2D eigenvalue weighted by Crippen LogP contribution is 2.47. The van der Waals surface area contributed by atoms with Crippen LogP contribution in [0.2, 0.25) is 0 Å². The minimum absolute atomic E-state index is 0.00149. The normalized spacial score (nSPS) is 19.6. The van der Waals surface area contributed by atoms with Crippen LogP contribution in [0, 0.1) is 23.5 Å². The fraction of sp³-hybridized carbons (Fsp3) is 0.400. The van der Waals surface area contributed by atoms with E-state index >= 15 is 0 Å². The Balaban J connectivity index is 1.47. The van der Waals surface area contributed by atoms with Crippen molar-refractivity contribution < 1.29 is 58.6 Å². The van der Waals surface area contributed by atoms with E-state index in [2.05, 4.69) is 10.6 Å². The molecule has 0 spiro atoms. The monoisotopic (exact) mass is 648 g/mol. The molecule has 8 N–H and O–H groups in total. The lowest BCUT2D eigenvalue weighted by Crippen LogP contribution is -2.63. The molecule has 2 heterocycles. The van der Waals surface area contributed by atoms with Crippen LogP contribution in [-0.4, -0.2) is 109 Å². The zero-order chi connectivity index (χ0) is 34.0. The summed E-state index contributed by atoms with van der Waals surface area (Å²) in [4.78, 5) is 52.9. The van der Waals surface area contributed by atoms with E-state index in [4.69, 9.17) is 0 Å². The summed E-state index contributed by atoms with van der Waals surface area (Å²) < 4.78 is 28.5. The molecule has 2 aromatic rings. The van der Waals surface area contributed by atoms with Gasteiger partial charge in [-0.2, -0.15) is 0 Å². The molecule has 1 saturated heterocycles. The van der Waals surface area contributed by atoms with Crippen LogP contribution in [0.25, 0.3) is 0 Å². The predicted octanol–water partition coefficient (Wildman–Crippen LogP) is 0.835. The molecule has 0 saturated carbocycles. The average molecular weight is 649 g/mol. The Morgan fingerprint density at radius 2 is 1.43 bits per heavy atom. The maximum absolute atomic E-state index is 14.3. The van der Waals surface area contributed by atoms with Crippen molar-refractivity contribution in [1.29, 1.82) is 0 Å². The molecular formula is C30H34F2N4O10. The number of aliphatic carboxylic acids is 1. The van der Waals surface area contributed by atoms with Gasteiger partial charge in [-0.1, -0.05) is 6.92 Å². The van der Waals surface area contributed by atoms with E-state index < -0.39 is 93.4 Å². The molecule has 46 heavy (non-hydrogen) atoms. The van der Waals surface area contributed by atoms with Gasteiger partial charge < -0.3 is 46.2 Å². The third-order valence-corrected chi connectivity index (χ3v) is 8.24. The highest BCUT2D eigenvalue weighted by Gasteiger charge is 2.59. The molecular weight excluding hydrogens is 614 g/mol. The Labute approximate surface area is 261 Å². The molecule has 0 aliphatic carbocycles. The number of hydrogen-bond acceptors (Lipinski definition) is 10. The van der Waals surface area contributed by atoms with Crippen LogP contribution < -0.4 is 10.6 Å². The number of aliphatic hydroxyl groups excluding tert-OH is 1. The molecule has 4 atom stereocenters. The van der Waals surface area contributed by atoms with Gasteiger partial charge in [0.05, 0.1) is 29.2 Å². The van der Waals surface area contributed by atoms with Gasteiger partial charge in [0.25, 0.3) is 11.8 Å². The molecule has 1 fully saturated rings. The Morgan fingerprint density at radius 3 is 1.93 bits per heavy atom. The largest absolute Gasteiger partial charge is 0.504 e. The van der Waals surface area contributed by atoms with Gasteiger partial charge in [-0.3, -0.25) is 19.3 Å². The Bertz CT molecular complexity index is 1600. The summed E-state index contributed by atoms with van der Waals surface area (Å²) in [5.41, 5.74) is -0.823. The summed E-state index contributed by atoms with van der Waals surface area (Å²) in [6.45, 7) is 3.38. The van der Waals surface area contributed by atoms with Crippen molar-refractivity contribution in [1.82, 2.24) is 20.4 Å². The summed E-state index contributed by atoms with van der Waals surface area (Å²) in [5, 5.41) is 63.1. The zero-order valence-corrected chi connectivity index (χ0v) is 24.8. The van der Waals surface area contributed by atoms with E-state index in [1.807, 2.05) is 0 Å². The summed E-state index contributed by atoms with van der Waals surface area (Å²) >= 11 is 0. The van der Waals surface area contributed by atoms with Crippen molar-refractivity contribution >= 4 is 23.7 Å². The van der Waals surface area contributed by atoms with Crippen molar-refractivity contribution in [2.45, 2.75) is 32.4 Å². The highest BCUT2D eigenvalue weighted by atomic mass is 19.1. The highest BCUT2D eigenvalue weighted by molar-refractivity contribution is 6.00. The summed E-state index contributed by atoms with van der Waals surface area (Å²) in [6, 6.07) is 3.34. The van der Waals surface area contributed by atoms with E-state index in [0.29, 0.717) is 5.57 Å². The Kier molecular flexibility index (Phi) is 10.0. The number of carboxylic acids is 1. The number of carbonyl (C=O) groups is 4. The van der Waals surface area contributed by atoms with Crippen molar-refractivity contribution in [2.24, 2.45) is 11.8 Å². The smallest absolute Gasteiger partial charge is 0.352 e. The number of hydrogen-bond donors (Lipinski definition) is 8. The molecule has 3 amide bonds. The first-order valence-electron chi connectivity index (χ1n) is 14.3. The third-order valence-electron chi connectivity index (χ3n) is 8.24. The first-order valence-corrected chi connectivity index (χ1v) is 14.3. The molecule has 2 aromatic carbocycles. The van der Waals surface area contributed by atoms with Gasteiger partial charge in [0.2, 0.25) is 5.91 Å². The van der Waals surface area contributed by atoms with Crippen molar-refractivity contribution in [3.63, 3.8) is 0 Å². The van der Waals surface area contributed by atoms with Crippen LogP contribution in [0.15, 0.2) is 35.5 Å². The molecule has 2 aliphatic rings. The number of carbonyl (C=O) groups excluding carboxylic acids is 3. The number of β-lactam (4-membered cyclic amide) rings is 1. The topological polar surface area (TPSA) is 220 Å².